The van der Waals surface area contributed by atoms with Gasteiger partial charge in [0.05, 0.1) is 23.8 Å². The molecule has 2 saturated heterocycles. The van der Waals surface area contributed by atoms with E-state index in [0.29, 0.717) is 6.04 Å². The first-order chi connectivity index (χ1) is 9.36. The molecule has 0 amide bonds. The normalized spacial score (nSPS) is 27.0. The zero-order chi connectivity index (χ0) is 13.1. The van der Waals surface area contributed by atoms with Gasteiger partial charge in [-0.15, -0.1) is 0 Å². The number of hydrogen-bond acceptors (Lipinski definition) is 4. The number of fused-ring (bicyclic) bond motifs is 1. The molecule has 0 aromatic carbocycles. The average Bonchev–Trinajstić information content (AvgIpc) is 2.83. The van der Waals surface area contributed by atoms with E-state index in [4.69, 9.17) is 0 Å². The quantitative estimate of drug-likeness (QED) is 0.873. The molecule has 1 aromatic rings. The minimum atomic E-state index is 0.596. The molecule has 2 fully saturated rings. The van der Waals surface area contributed by atoms with Crippen molar-refractivity contribution in [2.45, 2.75) is 44.7 Å². The molecule has 4 nitrogen and oxygen atoms in total. The molecule has 2 unspecified atom stereocenters. The number of nitrogens with zero attached hydrogens (tertiary/aromatic N) is 2. The van der Waals surface area contributed by atoms with Crippen LogP contribution in [0.25, 0.3) is 0 Å². The lowest BCUT2D eigenvalue weighted by molar-refractivity contribution is 0.193. The highest BCUT2D eigenvalue weighted by atomic mass is 15.2. The van der Waals surface area contributed by atoms with Crippen LogP contribution in [0.2, 0.25) is 0 Å². The summed E-state index contributed by atoms with van der Waals surface area (Å²) in [7, 11) is 0. The van der Waals surface area contributed by atoms with Crippen LogP contribution in [0.15, 0.2) is 18.5 Å². The lowest BCUT2D eigenvalue weighted by Gasteiger charge is -2.32. The van der Waals surface area contributed by atoms with Crippen molar-refractivity contribution in [1.82, 2.24) is 9.88 Å². The molecule has 0 aliphatic carbocycles. The van der Waals surface area contributed by atoms with Crippen molar-refractivity contribution < 1.29 is 0 Å². The van der Waals surface area contributed by atoms with Gasteiger partial charge in [0, 0.05) is 25.2 Å². The predicted molar refractivity (Wildman–Crippen MR) is 79.6 cm³/mol. The van der Waals surface area contributed by atoms with E-state index in [1.807, 2.05) is 12.4 Å². The molecule has 104 valence electrons. The van der Waals surface area contributed by atoms with E-state index in [9.17, 15) is 0 Å². The van der Waals surface area contributed by atoms with Crippen LogP contribution >= 0.6 is 0 Å². The summed E-state index contributed by atoms with van der Waals surface area (Å²) in [5, 5.41) is 7.01. The smallest absolute Gasteiger partial charge is 0.0550 e. The first-order valence-electron chi connectivity index (χ1n) is 7.56. The van der Waals surface area contributed by atoms with Crippen molar-refractivity contribution in [2.24, 2.45) is 0 Å². The Bertz CT molecular complexity index is 420. The largest absolute Gasteiger partial charge is 0.384 e. The average molecular weight is 260 g/mol. The van der Waals surface area contributed by atoms with Gasteiger partial charge >= 0.3 is 0 Å². The van der Waals surface area contributed by atoms with Crippen LogP contribution in [0, 0.1) is 0 Å². The maximum Gasteiger partial charge on any atom is 0.0550 e. The van der Waals surface area contributed by atoms with Gasteiger partial charge < -0.3 is 10.6 Å². The van der Waals surface area contributed by atoms with Gasteiger partial charge in [-0.05, 0) is 38.8 Å². The first kappa shape index (κ1) is 12.7. The molecule has 1 aromatic heterocycles. The first-order valence-corrected chi connectivity index (χ1v) is 7.56. The van der Waals surface area contributed by atoms with Crippen molar-refractivity contribution in [3.05, 3.63) is 18.5 Å². The summed E-state index contributed by atoms with van der Waals surface area (Å²) in [6, 6.07) is 3.50. The fourth-order valence-corrected chi connectivity index (χ4v) is 3.45. The third kappa shape index (κ3) is 2.84. The fourth-order valence-electron chi connectivity index (χ4n) is 3.45. The Morgan fingerprint density at radius 3 is 3.00 bits per heavy atom. The van der Waals surface area contributed by atoms with E-state index in [0.717, 1.165) is 24.0 Å². The van der Waals surface area contributed by atoms with Gasteiger partial charge in [0.1, 0.15) is 0 Å². The Labute approximate surface area is 115 Å². The fraction of sp³-hybridized carbons (Fsp3) is 0.667. The maximum atomic E-state index is 4.31. The van der Waals surface area contributed by atoms with Gasteiger partial charge in [-0.3, -0.25) is 9.88 Å². The van der Waals surface area contributed by atoms with E-state index in [-0.39, 0.29) is 0 Å². The molecule has 0 bridgehead atoms. The number of hydrogen-bond donors (Lipinski definition) is 2. The van der Waals surface area contributed by atoms with Crippen molar-refractivity contribution >= 4 is 11.4 Å². The number of nitrogens with one attached hydrogen (secondary N) is 2. The van der Waals surface area contributed by atoms with Crippen molar-refractivity contribution in [3.8, 4) is 0 Å². The number of rotatable bonds is 4. The van der Waals surface area contributed by atoms with Crippen LogP contribution in [-0.2, 0) is 0 Å². The van der Waals surface area contributed by atoms with Gasteiger partial charge in [0.25, 0.3) is 0 Å². The Morgan fingerprint density at radius 1 is 1.21 bits per heavy atom. The van der Waals surface area contributed by atoms with E-state index in [1.165, 1.54) is 38.8 Å². The summed E-state index contributed by atoms with van der Waals surface area (Å²) in [5.74, 6) is 0. The summed E-state index contributed by atoms with van der Waals surface area (Å²) in [5.41, 5.74) is 2.25. The molecular formula is C15H24N4. The molecule has 4 heteroatoms. The standard InChI is InChI=1S/C15H24N4/c1-2-17-12-9-13(11-16-10-12)18-14-6-8-19-7-4-3-5-15(14)19/h9-11,14-15,17-18H,2-8H2,1H3. The van der Waals surface area contributed by atoms with Crippen LogP contribution in [-0.4, -0.2) is 41.6 Å². The molecule has 3 rings (SSSR count). The summed E-state index contributed by atoms with van der Waals surface area (Å²) in [6.07, 6.45) is 9.19. The molecule has 0 spiro atoms. The molecule has 2 aliphatic rings. The summed E-state index contributed by atoms with van der Waals surface area (Å²) in [6.45, 7) is 5.59. The van der Waals surface area contributed by atoms with Crippen LogP contribution in [0.3, 0.4) is 0 Å². The van der Waals surface area contributed by atoms with Gasteiger partial charge in [0.2, 0.25) is 0 Å². The highest BCUT2D eigenvalue weighted by molar-refractivity contribution is 5.54. The van der Waals surface area contributed by atoms with E-state index in [2.05, 4.69) is 33.5 Å². The second-order valence-electron chi connectivity index (χ2n) is 5.63. The molecule has 19 heavy (non-hydrogen) atoms. The van der Waals surface area contributed by atoms with Gasteiger partial charge in [0.15, 0.2) is 0 Å². The molecule has 0 saturated carbocycles. The van der Waals surface area contributed by atoms with E-state index in [1.54, 1.807) is 0 Å². The van der Waals surface area contributed by atoms with Crippen molar-refractivity contribution in [1.29, 1.82) is 0 Å². The third-order valence-corrected chi connectivity index (χ3v) is 4.33. The zero-order valence-electron chi connectivity index (χ0n) is 11.7. The number of piperidine rings is 1. The van der Waals surface area contributed by atoms with Crippen LogP contribution in [0.4, 0.5) is 11.4 Å². The van der Waals surface area contributed by atoms with Gasteiger partial charge in [-0.2, -0.15) is 0 Å². The minimum Gasteiger partial charge on any atom is -0.384 e. The van der Waals surface area contributed by atoms with Crippen molar-refractivity contribution in [2.75, 3.05) is 30.3 Å². The Kier molecular flexibility index (Phi) is 3.87. The van der Waals surface area contributed by atoms with Crippen LogP contribution < -0.4 is 10.6 Å². The monoisotopic (exact) mass is 260 g/mol. The predicted octanol–water partition coefficient (Wildman–Crippen LogP) is 2.55. The van der Waals surface area contributed by atoms with Crippen LogP contribution in [0.1, 0.15) is 32.6 Å². The lowest BCUT2D eigenvalue weighted by atomic mass is 9.99. The highest BCUT2D eigenvalue weighted by Crippen LogP contribution is 2.29. The second-order valence-corrected chi connectivity index (χ2v) is 5.63. The van der Waals surface area contributed by atoms with Gasteiger partial charge in [-0.25, -0.2) is 0 Å². The Morgan fingerprint density at radius 2 is 2.11 bits per heavy atom. The maximum absolute atomic E-state index is 4.31. The Balaban J connectivity index is 1.66. The molecule has 2 aliphatic heterocycles. The second kappa shape index (κ2) is 5.78. The van der Waals surface area contributed by atoms with Gasteiger partial charge in [-0.1, -0.05) is 6.42 Å². The summed E-state index contributed by atoms with van der Waals surface area (Å²) in [4.78, 5) is 6.97. The molecule has 3 heterocycles. The van der Waals surface area contributed by atoms with Crippen molar-refractivity contribution in [3.63, 3.8) is 0 Å². The highest BCUT2D eigenvalue weighted by Gasteiger charge is 2.35. The molecule has 0 radical (unpaired) electrons. The number of aromatic nitrogens is 1. The summed E-state index contributed by atoms with van der Waals surface area (Å²) >= 11 is 0. The summed E-state index contributed by atoms with van der Waals surface area (Å²) < 4.78 is 0. The zero-order valence-corrected chi connectivity index (χ0v) is 11.7. The number of anilines is 2. The Hall–Kier alpha value is -1.29. The third-order valence-electron chi connectivity index (χ3n) is 4.33. The van der Waals surface area contributed by atoms with Crippen LogP contribution in [0.5, 0.6) is 0 Å². The topological polar surface area (TPSA) is 40.2 Å². The minimum absolute atomic E-state index is 0.596. The molecule has 2 atom stereocenters. The lowest BCUT2D eigenvalue weighted by Crippen LogP contribution is -2.41. The van der Waals surface area contributed by atoms with E-state index >= 15 is 0 Å². The molecule has 2 N–H and O–H groups in total. The SMILES string of the molecule is CCNc1cncc(NC2CCN3CCCCC23)c1. The van der Waals surface area contributed by atoms with E-state index < -0.39 is 0 Å². The number of pyridine rings is 1. The molecular weight excluding hydrogens is 236 g/mol.